The molecule has 3 rings (SSSR count). The van der Waals surface area contributed by atoms with Gasteiger partial charge in [0.15, 0.2) is 6.10 Å². The summed E-state index contributed by atoms with van der Waals surface area (Å²) in [6.07, 6.45) is 3.33. The van der Waals surface area contributed by atoms with Gasteiger partial charge in [-0.2, -0.15) is 0 Å². The van der Waals surface area contributed by atoms with Crippen molar-refractivity contribution in [2.75, 3.05) is 12.3 Å². The highest BCUT2D eigenvalue weighted by molar-refractivity contribution is 7.90. The second-order valence-corrected chi connectivity index (χ2v) is 7.96. The number of ketones is 1. The number of benzene rings is 1. The summed E-state index contributed by atoms with van der Waals surface area (Å²) in [4.78, 5) is 26.2. The Morgan fingerprint density at radius 2 is 1.92 bits per heavy atom. The van der Waals surface area contributed by atoms with Crippen molar-refractivity contribution in [3.63, 3.8) is 0 Å². The molecule has 136 valence electrons. The maximum absolute atomic E-state index is 12.3. The van der Waals surface area contributed by atoms with Gasteiger partial charge in [-0.05, 0) is 43.3 Å². The Kier molecular flexibility index (Phi) is 4.97. The van der Waals surface area contributed by atoms with Gasteiger partial charge in [-0.1, -0.05) is 11.6 Å². The largest absolute Gasteiger partial charge is 0.451 e. The van der Waals surface area contributed by atoms with Crippen LogP contribution in [0.2, 0.25) is 5.02 Å². The minimum Gasteiger partial charge on any atom is -0.451 e. The Morgan fingerprint density at radius 1 is 1.23 bits per heavy atom. The van der Waals surface area contributed by atoms with Crippen LogP contribution in [0.4, 0.5) is 0 Å². The molecule has 1 aromatic rings. The van der Waals surface area contributed by atoms with E-state index in [9.17, 15) is 18.0 Å². The van der Waals surface area contributed by atoms with E-state index >= 15 is 0 Å². The summed E-state index contributed by atoms with van der Waals surface area (Å²) < 4.78 is 31.8. The summed E-state index contributed by atoms with van der Waals surface area (Å²) in [5.41, 5.74) is 0.595. The smallest absolute Gasteiger partial charge is 0.340 e. The van der Waals surface area contributed by atoms with Crippen molar-refractivity contribution >= 4 is 39.2 Å². The van der Waals surface area contributed by atoms with Crippen molar-refractivity contribution in [3.8, 4) is 0 Å². The number of hydrogen-bond donors (Lipinski definition) is 0. The molecule has 0 fully saturated rings. The first-order valence-corrected chi connectivity index (χ1v) is 9.74. The molecule has 2 aliphatic rings. The van der Waals surface area contributed by atoms with E-state index in [1.807, 2.05) is 0 Å². The molecule has 0 radical (unpaired) electrons. The van der Waals surface area contributed by atoms with E-state index in [-0.39, 0.29) is 29.5 Å². The molecule has 1 aromatic carbocycles. The number of carbonyl (C=O) groups excluding carboxylic acids is 2. The third kappa shape index (κ3) is 4.03. The van der Waals surface area contributed by atoms with Gasteiger partial charge in [0.2, 0.25) is 5.78 Å². The fourth-order valence-electron chi connectivity index (χ4n) is 2.45. The van der Waals surface area contributed by atoms with E-state index < -0.39 is 22.1 Å². The number of fused-ring (bicyclic) bond motifs is 1. The van der Waals surface area contributed by atoms with Crippen LogP contribution in [0.15, 0.2) is 52.6 Å². The minimum atomic E-state index is -3.46. The Hall–Kier alpha value is -2.45. The fourth-order valence-corrected chi connectivity index (χ4v) is 3.55. The van der Waals surface area contributed by atoms with Crippen LogP contribution in [-0.4, -0.2) is 49.3 Å². The second kappa shape index (κ2) is 7.05. The number of amidine groups is 1. The van der Waals surface area contributed by atoms with Gasteiger partial charge in [0.1, 0.15) is 5.84 Å². The molecular formula is C17H15ClN2O5S. The first-order chi connectivity index (χ1) is 12.2. The van der Waals surface area contributed by atoms with E-state index in [1.165, 1.54) is 25.3 Å². The number of nitrogens with zero attached hydrogens (tertiary/aromatic N) is 2. The molecular weight excluding hydrogens is 380 g/mol. The standard InChI is InChI=1S/C17H15ClN2O5S/c1-11(16(21)12-2-5-14(18)6-3-12)25-17(22)13-4-7-15-19-26(23,24)9-8-20(15)10-13/h2-7,10-11H,8-9H2,1H3. The number of Topliss-reactive ketones (excluding diaryl/α,β-unsaturated/α-hetero) is 1. The van der Waals surface area contributed by atoms with E-state index in [0.717, 1.165) is 0 Å². The Labute approximate surface area is 155 Å². The van der Waals surface area contributed by atoms with E-state index in [1.54, 1.807) is 29.2 Å². The highest BCUT2D eigenvalue weighted by atomic mass is 35.5. The zero-order chi connectivity index (χ0) is 18.9. The topological polar surface area (TPSA) is 93.1 Å². The molecule has 9 heteroatoms. The average molecular weight is 395 g/mol. The third-order valence-electron chi connectivity index (χ3n) is 3.84. The molecule has 1 unspecified atom stereocenters. The van der Waals surface area contributed by atoms with Crippen LogP contribution in [0.3, 0.4) is 0 Å². The Morgan fingerprint density at radius 3 is 2.62 bits per heavy atom. The van der Waals surface area contributed by atoms with Crippen molar-refractivity contribution in [2.24, 2.45) is 4.40 Å². The van der Waals surface area contributed by atoms with Gasteiger partial charge in [0.25, 0.3) is 10.0 Å². The molecule has 0 N–H and O–H groups in total. The summed E-state index contributed by atoms with van der Waals surface area (Å²) in [6.45, 7) is 1.68. The van der Waals surface area contributed by atoms with Crippen LogP contribution in [0.1, 0.15) is 17.3 Å². The Balaban J connectivity index is 1.69. The quantitative estimate of drug-likeness (QED) is 0.572. The fraction of sp³-hybridized carbons (Fsp3) is 0.235. The van der Waals surface area contributed by atoms with Crippen LogP contribution < -0.4 is 0 Å². The van der Waals surface area contributed by atoms with Gasteiger partial charge >= 0.3 is 5.97 Å². The van der Waals surface area contributed by atoms with E-state index in [4.69, 9.17) is 16.3 Å². The lowest BCUT2D eigenvalue weighted by Crippen LogP contribution is -2.37. The third-order valence-corrected chi connectivity index (χ3v) is 5.26. The molecule has 2 aliphatic heterocycles. The minimum absolute atomic E-state index is 0.130. The maximum atomic E-state index is 12.3. The predicted octanol–water partition coefficient (Wildman–Crippen LogP) is 1.95. The van der Waals surface area contributed by atoms with E-state index in [2.05, 4.69) is 4.40 Å². The summed E-state index contributed by atoms with van der Waals surface area (Å²) >= 11 is 5.79. The Bertz CT molecular complexity index is 948. The highest BCUT2D eigenvalue weighted by Gasteiger charge is 2.27. The van der Waals surface area contributed by atoms with Gasteiger partial charge in [0, 0.05) is 23.3 Å². The lowest BCUT2D eigenvalue weighted by molar-refractivity contribution is -0.141. The van der Waals surface area contributed by atoms with Gasteiger partial charge in [-0.15, -0.1) is 4.40 Å². The average Bonchev–Trinajstić information content (AvgIpc) is 2.60. The van der Waals surface area contributed by atoms with Gasteiger partial charge < -0.3 is 9.64 Å². The second-order valence-electron chi connectivity index (χ2n) is 5.77. The number of halogens is 1. The van der Waals surface area contributed by atoms with Crippen molar-refractivity contribution in [1.82, 2.24) is 4.90 Å². The molecule has 0 saturated heterocycles. The number of ether oxygens (including phenoxy) is 1. The van der Waals surface area contributed by atoms with Gasteiger partial charge in [0.05, 0.1) is 11.3 Å². The number of rotatable bonds is 4. The SMILES string of the molecule is CC(OC(=O)C1=CN2CCS(=O)(=O)N=C2C=C1)C(=O)c1ccc(Cl)cc1. The number of esters is 1. The van der Waals surface area contributed by atoms with Crippen molar-refractivity contribution in [2.45, 2.75) is 13.0 Å². The lowest BCUT2D eigenvalue weighted by atomic mass is 10.1. The highest BCUT2D eigenvalue weighted by Crippen LogP contribution is 2.18. The lowest BCUT2D eigenvalue weighted by Gasteiger charge is -2.27. The van der Waals surface area contributed by atoms with E-state index in [0.29, 0.717) is 10.6 Å². The first-order valence-electron chi connectivity index (χ1n) is 7.75. The molecule has 0 saturated carbocycles. The monoisotopic (exact) mass is 394 g/mol. The van der Waals surface area contributed by atoms with Crippen molar-refractivity contribution < 1.29 is 22.7 Å². The molecule has 0 spiro atoms. The zero-order valence-corrected chi connectivity index (χ0v) is 15.3. The molecule has 26 heavy (non-hydrogen) atoms. The molecule has 1 atom stereocenters. The number of sulfonamides is 1. The van der Waals surface area contributed by atoms with Crippen LogP contribution >= 0.6 is 11.6 Å². The predicted molar refractivity (Wildman–Crippen MR) is 96.5 cm³/mol. The molecule has 0 bridgehead atoms. The van der Waals surface area contributed by atoms with Gasteiger partial charge in [-0.3, -0.25) is 4.79 Å². The van der Waals surface area contributed by atoms with Crippen LogP contribution in [0, 0.1) is 0 Å². The summed E-state index contributed by atoms with van der Waals surface area (Å²) in [7, 11) is -3.46. The van der Waals surface area contributed by atoms with Crippen molar-refractivity contribution in [3.05, 3.63) is 58.8 Å². The molecule has 0 aromatic heterocycles. The summed E-state index contributed by atoms with van der Waals surface area (Å²) in [5, 5.41) is 0.504. The first kappa shape index (κ1) is 18.3. The zero-order valence-electron chi connectivity index (χ0n) is 13.8. The molecule has 0 aliphatic carbocycles. The van der Waals surface area contributed by atoms with Crippen molar-refractivity contribution in [1.29, 1.82) is 0 Å². The number of hydrogen-bond acceptors (Lipinski definition) is 6. The number of carbonyl (C=O) groups is 2. The molecule has 0 amide bonds. The van der Waals surface area contributed by atoms with Gasteiger partial charge in [-0.25, -0.2) is 13.2 Å². The van der Waals surface area contributed by atoms with Crippen LogP contribution in [-0.2, 0) is 19.6 Å². The van der Waals surface area contributed by atoms with Crippen LogP contribution in [0.25, 0.3) is 0 Å². The molecule has 2 heterocycles. The summed E-state index contributed by atoms with van der Waals surface area (Å²) in [5.74, 6) is -0.905. The summed E-state index contributed by atoms with van der Waals surface area (Å²) in [6, 6.07) is 6.29. The normalized spacial score (nSPS) is 19.1. The molecule has 7 nitrogen and oxygen atoms in total. The maximum Gasteiger partial charge on any atom is 0.340 e. The van der Waals surface area contributed by atoms with Crippen LogP contribution in [0.5, 0.6) is 0 Å².